The molecule has 0 amide bonds. The van der Waals surface area contributed by atoms with Crippen molar-refractivity contribution in [1.29, 1.82) is 0 Å². The number of benzene rings is 1. The second-order valence-corrected chi connectivity index (χ2v) is 4.84. The number of carbonyl (C=O) groups excluding carboxylic acids is 1. The van der Waals surface area contributed by atoms with E-state index in [1.54, 1.807) is 13.8 Å². The zero-order valence-electron chi connectivity index (χ0n) is 11.4. The summed E-state index contributed by atoms with van der Waals surface area (Å²) in [6.07, 6.45) is 0.934. The van der Waals surface area contributed by atoms with Crippen molar-refractivity contribution in [1.82, 2.24) is 0 Å². The van der Waals surface area contributed by atoms with Crippen LogP contribution in [-0.4, -0.2) is 22.9 Å². The molecule has 2 unspecified atom stereocenters. The molecule has 1 rings (SSSR count). The molecule has 1 aromatic rings. The summed E-state index contributed by atoms with van der Waals surface area (Å²) in [5.74, 6) is -1.73. The SMILES string of the molecule is CCC(=O)C(Cc1ccccc1)C(C)[C@H](N)C(=O)O. The van der Waals surface area contributed by atoms with Crippen LogP contribution in [0.25, 0.3) is 0 Å². The monoisotopic (exact) mass is 263 g/mol. The Labute approximate surface area is 113 Å². The second-order valence-electron chi connectivity index (χ2n) is 4.84. The molecule has 0 saturated heterocycles. The Hall–Kier alpha value is -1.68. The van der Waals surface area contributed by atoms with Gasteiger partial charge >= 0.3 is 5.97 Å². The molecule has 0 aliphatic heterocycles. The molecule has 4 heteroatoms. The van der Waals surface area contributed by atoms with E-state index in [9.17, 15) is 9.59 Å². The van der Waals surface area contributed by atoms with Gasteiger partial charge in [-0.05, 0) is 17.9 Å². The topological polar surface area (TPSA) is 80.4 Å². The third kappa shape index (κ3) is 4.17. The summed E-state index contributed by atoms with van der Waals surface area (Å²) in [6.45, 7) is 3.53. The first-order chi connectivity index (χ1) is 8.97. The summed E-state index contributed by atoms with van der Waals surface area (Å²) in [7, 11) is 0. The maximum atomic E-state index is 12.0. The van der Waals surface area contributed by atoms with Gasteiger partial charge in [0.15, 0.2) is 0 Å². The van der Waals surface area contributed by atoms with E-state index in [4.69, 9.17) is 10.8 Å². The number of hydrogen-bond acceptors (Lipinski definition) is 3. The third-order valence-corrected chi connectivity index (χ3v) is 3.55. The Balaban J connectivity index is 2.89. The van der Waals surface area contributed by atoms with Crippen LogP contribution < -0.4 is 5.73 Å². The quantitative estimate of drug-likeness (QED) is 0.787. The molecule has 3 N–H and O–H groups in total. The summed E-state index contributed by atoms with van der Waals surface area (Å²) in [4.78, 5) is 23.0. The predicted molar refractivity (Wildman–Crippen MR) is 73.7 cm³/mol. The van der Waals surface area contributed by atoms with Gasteiger partial charge < -0.3 is 10.8 Å². The van der Waals surface area contributed by atoms with E-state index in [1.807, 2.05) is 30.3 Å². The number of hydrogen-bond donors (Lipinski definition) is 2. The van der Waals surface area contributed by atoms with Crippen molar-refractivity contribution in [3.05, 3.63) is 35.9 Å². The maximum absolute atomic E-state index is 12.0. The highest BCUT2D eigenvalue weighted by molar-refractivity contribution is 5.83. The molecule has 19 heavy (non-hydrogen) atoms. The Kier molecular flexibility index (Phi) is 5.70. The van der Waals surface area contributed by atoms with Gasteiger partial charge in [0, 0.05) is 12.3 Å². The van der Waals surface area contributed by atoms with Gasteiger partial charge in [0.2, 0.25) is 0 Å². The molecule has 0 aliphatic carbocycles. The minimum absolute atomic E-state index is 0.0630. The molecule has 0 aromatic heterocycles. The van der Waals surface area contributed by atoms with E-state index in [0.717, 1.165) is 5.56 Å². The van der Waals surface area contributed by atoms with Crippen molar-refractivity contribution in [3.63, 3.8) is 0 Å². The number of ketones is 1. The molecule has 0 spiro atoms. The normalized spacial score (nSPS) is 15.5. The summed E-state index contributed by atoms with van der Waals surface area (Å²) < 4.78 is 0. The van der Waals surface area contributed by atoms with Crippen LogP contribution in [-0.2, 0) is 16.0 Å². The molecular weight excluding hydrogens is 242 g/mol. The Morgan fingerprint density at radius 3 is 2.32 bits per heavy atom. The zero-order valence-corrected chi connectivity index (χ0v) is 11.4. The lowest BCUT2D eigenvalue weighted by molar-refractivity contribution is -0.140. The smallest absolute Gasteiger partial charge is 0.320 e. The van der Waals surface area contributed by atoms with Gasteiger partial charge in [0.1, 0.15) is 11.8 Å². The van der Waals surface area contributed by atoms with Gasteiger partial charge in [-0.15, -0.1) is 0 Å². The number of nitrogens with two attached hydrogens (primary N) is 1. The fourth-order valence-corrected chi connectivity index (χ4v) is 2.20. The van der Waals surface area contributed by atoms with Crippen LogP contribution in [0.5, 0.6) is 0 Å². The maximum Gasteiger partial charge on any atom is 0.320 e. The van der Waals surface area contributed by atoms with Gasteiger partial charge in [0.05, 0.1) is 0 Å². The van der Waals surface area contributed by atoms with Crippen LogP contribution in [0.3, 0.4) is 0 Å². The van der Waals surface area contributed by atoms with Gasteiger partial charge in [-0.25, -0.2) is 0 Å². The first kappa shape index (κ1) is 15.4. The lowest BCUT2D eigenvalue weighted by Gasteiger charge is -2.25. The average Bonchev–Trinajstić information content (AvgIpc) is 2.43. The predicted octanol–water partition coefficient (Wildman–Crippen LogP) is 1.87. The summed E-state index contributed by atoms with van der Waals surface area (Å²) in [5, 5.41) is 8.99. The Bertz CT molecular complexity index is 430. The lowest BCUT2D eigenvalue weighted by Crippen LogP contribution is -2.43. The molecule has 1 aromatic carbocycles. The van der Waals surface area contributed by atoms with E-state index >= 15 is 0 Å². The third-order valence-electron chi connectivity index (χ3n) is 3.55. The number of rotatable bonds is 7. The van der Waals surface area contributed by atoms with Crippen molar-refractivity contribution in [3.8, 4) is 0 Å². The number of aliphatic carboxylic acids is 1. The van der Waals surface area contributed by atoms with Gasteiger partial charge in [-0.3, -0.25) is 9.59 Å². The van der Waals surface area contributed by atoms with Gasteiger partial charge in [-0.2, -0.15) is 0 Å². The number of carboxylic acids is 1. The van der Waals surface area contributed by atoms with Gasteiger partial charge in [0.25, 0.3) is 0 Å². The zero-order chi connectivity index (χ0) is 14.4. The first-order valence-electron chi connectivity index (χ1n) is 6.52. The lowest BCUT2D eigenvalue weighted by atomic mass is 9.80. The molecular formula is C15H21NO3. The minimum atomic E-state index is -1.06. The van der Waals surface area contributed by atoms with Crippen LogP contribution >= 0.6 is 0 Å². The molecule has 0 fully saturated rings. The summed E-state index contributed by atoms with van der Waals surface area (Å²) >= 11 is 0. The van der Waals surface area contributed by atoms with E-state index in [-0.39, 0.29) is 17.6 Å². The van der Waals surface area contributed by atoms with E-state index in [1.165, 1.54) is 0 Å². The summed E-state index contributed by atoms with van der Waals surface area (Å²) in [5.41, 5.74) is 6.68. The molecule has 0 heterocycles. The molecule has 0 aliphatic rings. The van der Waals surface area contributed by atoms with Crippen molar-refractivity contribution < 1.29 is 14.7 Å². The number of carboxylic acid groups (broad SMARTS) is 1. The standard InChI is InChI=1S/C15H21NO3/c1-3-13(17)12(10(2)14(16)15(18)19)9-11-7-5-4-6-8-11/h4-8,10,12,14H,3,9,16H2,1-2H3,(H,18,19)/t10?,12?,14-/m0/s1. The highest BCUT2D eigenvalue weighted by Crippen LogP contribution is 2.22. The minimum Gasteiger partial charge on any atom is -0.480 e. The van der Waals surface area contributed by atoms with Crippen LogP contribution in [0.4, 0.5) is 0 Å². The second kappa shape index (κ2) is 7.04. The largest absolute Gasteiger partial charge is 0.480 e. The molecule has 4 nitrogen and oxygen atoms in total. The first-order valence-corrected chi connectivity index (χ1v) is 6.52. The average molecular weight is 263 g/mol. The molecule has 3 atom stereocenters. The fourth-order valence-electron chi connectivity index (χ4n) is 2.20. The Morgan fingerprint density at radius 2 is 1.84 bits per heavy atom. The van der Waals surface area contributed by atoms with Crippen LogP contribution in [0.2, 0.25) is 0 Å². The van der Waals surface area contributed by atoms with Crippen molar-refractivity contribution >= 4 is 11.8 Å². The molecule has 0 saturated carbocycles. The van der Waals surface area contributed by atoms with Crippen molar-refractivity contribution in [2.24, 2.45) is 17.6 Å². The summed E-state index contributed by atoms with van der Waals surface area (Å²) in [6, 6.07) is 8.59. The molecule has 104 valence electrons. The van der Waals surface area contributed by atoms with E-state index < -0.39 is 12.0 Å². The molecule has 0 radical (unpaired) electrons. The van der Waals surface area contributed by atoms with Crippen LogP contribution in [0.15, 0.2) is 30.3 Å². The van der Waals surface area contributed by atoms with E-state index in [0.29, 0.717) is 12.8 Å². The van der Waals surface area contributed by atoms with Crippen molar-refractivity contribution in [2.45, 2.75) is 32.7 Å². The number of Topliss-reactive ketones (excluding diaryl/α,β-unsaturated/α-hetero) is 1. The number of carbonyl (C=O) groups is 2. The molecule has 0 bridgehead atoms. The van der Waals surface area contributed by atoms with Crippen molar-refractivity contribution in [2.75, 3.05) is 0 Å². The highest BCUT2D eigenvalue weighted by atomic mass is 16.4. The Morgan fingerprint density at radius 1 is 1.26 bits per heavy atom. The van der Waals surface area contributed by atoms with E-state index in [2.05, 4.69) is 0 Å². The van der Waals surface area contributed by atoms with Crippen LogP contribution in [0, 0.1) is 11.8 Å². The fraction of sp³-hybridized carbons (Fsp3) is 0.467. The van der Waals surface area contributed by atoms with Crippen LogP contribution in [0.1, 0.15) is 25.8 Å². The van der Waals surface area contributed by atoms with Gasteiger partial charge in [-0.1, -0.05) is 44.2 Å². The highest BCUT2D eigenvalue weighted by Gasteiger charge is 2.31.